The Morgan fingerprint density at radius 3 is 1.74 bits per heavy atom. The van der Waals surface area contributed by atoms with Crippen molar-refractivity contribution in [1.29, 1.82) is 0 Å². The average Bonchev–Trinajstić information content (AvgIpc) is 2.33. The second-order valence-corrected chi connectivity index (χ2v) is 8.17. The summed E-state index contributed by atoms with van der Waals surface area (Å²) in [6.45, 7) is 16.7. The third-order valence-electron chi connectivity index (χ3n) is 4.67. The normalized spacial score (nSPS) is 17.2. The van der Waals surface area contributed by atoms with E-state index in [1.165, 1.54) is 51.4 Å². The number of hydrogen-bond acceptors (Lipinski definition) is 0. The quantitative estimate of drug-likeness (QED) is 0.397. The average molecular weight is 269 g/mol. The first kappa shape index (κ1) is 19.0. The van der Waals surface area contributed by atoms with Gasteiger partial charge in [0.15, 0.2) is 0 Å². The van der Waals surface area contributed by atoms with Crippen LogP contribution in [0, 0.1) is 23.2 Å². The molecule has 19 heavy (non-hydrogen) atoms. The molecule has 0 bridgehead atoms. The predicted octanol–water partition coefficient (Wildman–Crippen LogP) is 7.08. The first-order chi connectivity index (χ1) is 8.78. The summed E-state index contributed by atoms with van der Waals surface area (Å²) in [5, 5.41) is 0. The summed E-state index contributed by atoms with van der Waals surface area (Å²) in [5.74, 6) is 2.79. The van der Waals surface area contributed by atoms with Crippen molar-refractivity contribution in [2.24, 2.45) is 23.2 Å². The van der Waals surface area contributed by atoms with Gasteiger partial charge in [0.05, 0.1) is 0 Å². The van der Waals surface area contributed by atoms with Crippen molar-refractivity contribution < 1.29 is 0 Å². The van der Waals surface area contributed by atoms with Crippen LogP contribution >= 0.6 is 0 Å². The molecule has 0 aliphatic heterocycles. The van der Waals surface area contributed by atoms with E-state index in [0.717, 1.165) is 17.8 Å². The Morgan fingerprint density at radius 2 is 1.26 bits per heavy atom. The van der Waals surface area contributed by atoms with Crippen molar-refractivity contribution in [2.45, 2.75) is 99.8 Å². The molecule has 0 rings (SSSR count). The molecular formula is C19H40. The van der Waals surface area contributed by atoms with Crippen LogP contribution in [0.1, 0.15) is 99.8 Å². The van der Waals surface area contributed by atoms with Crippen molar-refractivity contribution in [1.82, 2.24) is 0 Å². The Labute approximate surface area is 123 Å². The Balaban J connectivity index is 4.10. The molecule has 0 radical (unpaired) electrons. The fourth-order valence-electron chi connectivity index (χ4n) is 2.90. The maximum absolute atomic E-state index is 2.41. The standard InChI is InChI=1S/C19H40/c1-8-16(3)11-10-12-18(15-19(5,6)7)14-13-17(4)9-2/h16-18H,8-15H2,1-7H3. The van der Waals surface area contributed by atoms with E-state index in [1.807, 2.05) is 0 Å². The zero-order valence-electron chi connectivity index (χ0n) is 14.9. The molecule has 0 fully saturated rings. The zero-order valence-corrected chi connectivity index (χ0v) is 14.9. The van der Waals surface area contributed by atoms with Crippen LogP contribution in [0.2, 0.25) is 0 Å². The topological polar surface area (TPSA) is 0 Å². The van der Waals surface area contributed by atoms with Gasteiger partial charge in [0.25, 0.3) is 0 Å². The lowest BCUT2D eigenvalue weighted by Crippen LogP contribution is -2.14. The monoisotopic (exact) mass is 268 g/mol. The van der Waals surface area contributed by atoms with Crippen molar-refractivity contribution >= 4 is 0 Å². The first-order valence-electron chi connectivity index (χ1n) is 8.78. The van der Waals surface area contributed by atoms with Gasteiger partial charge in [-0.05, 0) is 29.6 Å². The van der Waals surface area contributed by atoms with Gasteiger partial charge in [-0.2, -0.15) is 0 Å². The molecule has 0 aromatic rings. The van der Waals surface area contributed by atoms with Crippen LogP contribution in [0.15, 0.2) is 0 Å². The summed E-state index contributed by atoms with van der Waals surface area (Å²) in [6.07, 6.45) is 11.3. The molecule has 0 aliphatic carbocycles. The summed E-state index contributed by atoms with van der Waals surface area (Å²) >= 11 is 0. The molecule has 0 aromatic heterocycles. The van der Waals surface area contributed by atoms with Crippen molar-refractivity contribution in [3.63, 3.8) is 0 Å². The molecule has 0 heteroatoms. The van der Waals surface area contributed by atoms with Gasteiger partial charge in [0.1, 0.15) is 0 Å². The van der Waals surface area contributed by atoms with Crippen molar-refractivity contribution in [3.05, 3.63) is 0 Å². The molecule has 3 atom stereocenters. The highest BCUT2D eigenvalue weighted by Gasteiger charge is 2.19. The SMILES string of the molecule is CCC(C)CCCC(CCC(C)CC)CC(C)(C)C. The van der Waals surface area contributed by atoms with Gasteiger partial charge in [-0.3, -0.25) is 0 Å². The fourth-order valence-corrected chi connectivity index (χ4v) is 2.90. The lowest BCUT2D eigenvalue weighted by atomic mass is 9.79. The Morgan fingerprint density at radius 1 is 0.737 bits per heavy atom. The summed E-state index contributed by atoms with van der Waals surface area (Å²) in [7, 11) is 0. The largest absolute Gasteiger partial charge is 0.0651 e. The van der Waals surface area contributed by atoms with Crippen LogP contribution < -0.4 is 0 Å². The van der Waals surface area contributed by atoms with Crippen LogP contribution in [-0.4, -0.2) is 0 Å². The second kappa shape index (κ2) is 9.83. The molecule has 0 amide bonds. The summed E-state index contributed by atoms with van der Waals surface area (Å²) in [4.78, 5) is 0. The van der Waals surface area contributed by atoms with E-state index < -0.39 is 0 Å². The van der Waals surface area contributed by atoms with E-state index in [1.54, 1.807) is 0 Å². The summed E-state index contributed by atoms with van der Waals surface area (Å²) in [6, 6.07) is 0. The Hall–Kier alpha value is 0. The maximum atomic E-state index is 2.41. The fraction of sp³-hybridized carbons (Fsp3) is 1.00. The van der Waals surface area contributed by atoms with Gasteiger partial charge >= 0.3 is 0 Å². The van der Waals surface area contributed by atoms with Gasteiger partial charge in [-0.1, -0.05) is 93.4 Å². The molecule has 0 aliphatic rings. The number of rotatable bonds is 10. The molecule has 0 saturated carbocycles. The second-order valence-electron chi connectivity index (χ2n) is 8.17. The molecule has 0 heterocycles. The highest BCUT2D eigenvalue weighted by atomic mass is 14.2. The van der Waals surface area contributed by atoms with Crippen LogP contribution in [0.4, 0.5) is 0 Å². The molecule has 0 N–H and O–H groups in total. The minimum atomic E-state index is 0.497. The molecule has 0 spiro atoms. The van der Waals surface area contributed by atoms with E-state index in [9.17, 15) is 0 Å². The zero-order chi connectivity index (χ0) is 14.9. The smallest absolute Gasteiger partial charge is 0.0380 e. The predicted molar refractivity (Wildman–Crippen MR) is 89.6 cm³/mol. The van der Waals surface area contributed by atoms with Gasteiger partial charge in [-0.15, -0.1) is 0 Å². The molecule has 116 valence electrons. The van der Waals surface area contributed by atoms with Crippen molar-refractivity contribution in [3.8, 4) is 0 Å². The number of hydrogen-bond donors (Lipinski definition) is 0. The van der Waals surface area contributed by atoms with Crippen LogP contribution in [0.5, 0.6) is 0 Å². The van der Waals surface area contributed by atoms with E-state index in [2.05, 4.69) is 48.5 Å². The minimum Gasteiger partial charge on any atom is -0.0651 e. The summed E-state index contributed by atoms with van der Waals surface area (Å²) in [5.41, 5.74) is 0.497. The van der Waals surface area contributed by atoms with Crippen molar-refractivity contribution in [2.75, 3.05) is 0 Å². The van der Waals surface area contributed by atoms with Gasteiger partial charge in [-0.25, -0.2) is 0 Å². The van der Waals surface area contributed by atoms with E-state index in [0.29, 0.717) is 5.41 Å². The van der Waals surface area contributed by atoms with Gasteiger partial charge in [0, 0.05) is 0 Å². The summed E-state index contributed by atoms with van der Waals surface area (Å²) < 4.78 is 0. The Kier molecular flexibility index (Phi) is 9.83. The van der Waals surface area contributed by atoms with Gasteiger partial charge in [0.2, 0.25) is 0 Å². The third kappa shape index (κ3) is 11.5. The maximum Gasteiger partial charge on any atom is -0.0380 e. The van der Waals surface area contributed by atoms with Crippen LogP contribution in [0.25, 0.3) is 0 Å². The minimum absolute atomic E-state index is 0.497. The molecule has 0 aromatic carbocycles. The lowest BCUT2D eigenvalue weighted by molar-refractivity contribution is 0.249. The lowest BCUT2D eigenvalue weighted by Gasteiger charge is -2.27. The highest BCUT2D eigenvalue weighted by molar-refractivity contribution is 4.71. The van der Waals surface area contributed by atoms with E-state index in [4.69, 9.17) is 0 Å². The molecule has 0 saturated heterocycles. The first-order valence-corrected chi connectivity index (χ1v) is 8.78. The molecule has 3 unspecified atom stereocenters. The Bertz CT molecular complexity index is 199. The molecular weight excluding hydrogens is 228 g/mol. The highest BCUT2D eigenvalue weighted by Crippen LogP contribution is 2.32. The van der Waals surface area contributed by atoms with E-state index in [-0.39, 0.29) is 0 Å². The van der Waals surface area contributed by atoms with Crippen LogP contribution in [-0.2, 0) is 0 Å². The molecule has 0 nitrogen and oxygen atoms in total. The van der Waals surface area contributed by atoms with E-state index >= 15 is 0 Å². The third-order valence-corrected chi connectivity index (χ3v) is 4.67. The van der Waals surface area contributed by atoms with Crippen LogP contribution in [0.3, 0.4) is 0 Å². The van der Waals surface area contributed by atoms with Gasteiger partial charge < -0.3 is 0 Å².